The molecule has 0 aromatic heterocycles. The second-order valence-electron chi connectivity index (χ2n) is 2.73. The maximum atomic E-state index is 11.0. The molecule has 2 nitrogen and oxygen atoms in total. The Morgan fingerprint density at radius 3 is 2.42 bits per heavy atom. The van der Waals surface area contributed by atoms with Gasteiger partial charge in [-0.3, -0.25) is 4.79 Å². The van der Waals surface area contributed by atoms with Gasteiger partial charge in [-0.2, -0.15) is 0 Å². The van der Waals surface area contributed by atoms with E-state index in [-0.39, 0.29) is 5.91 Å². The van der Waals surface area contributed by atoms with E-state index in [2.05, 4.69) is 15.9 Å². The standard InChI is InChI=1S/C9H10BrNO/c1-5-3-4-7(10)6(2)8(5)9(11)12/h3-4H,1-2H3,(H2,11,12). The predicted octanol–water partition coefficient (Wildman–Crippen LogP) is 2.16. The summed E-state index contributed by atoms with van der Waals surface area (Å²) in [6, 6.07) is 3.79. The normalized spacial score (nSPS) is 9.92. The summed E-state index contributed by atoms with van der Waals surface area (Å²) in [5.74, 6) is -0.369. The van der Waals surface area contributed by atoms with Gasteiger partial charge in [0.05, 0.1) is 0 Å². The fourth-order valence-corrected chi connectivity index (χ4v) is 1.53. The number of amides is 1. The Kier molecular flexibility index (Phi) is 2.52. The van der Waals surface area contributed by atoms with Crippen LogP contribution in [-0.2, 0) is 0 Å². The molecule has 0 aliphatic carbocycles. The molecule has 1 rings (SSSR count). The van der Waals surface area contributed by atoms with Gasteiger partial charge in [-0.05, 0) is 31.0 Å². The van der Waals surface area contributed by atoms with Crippen molar-refractivity contribution in [2.75, 3.05) is 0 Å². The van der Waals surface area contributed by atoms with E-state index in [1.165, 1.54) is 0 Å². The van der Waals surface area contributed by atoms with E-state index in [4.69, 9.17) is 5.73 Å². The van der Waals surface area contributed by atoms with E-state index in [1.54, 1.807) is 0 Å². The molecule has 1 aromatic rings. The summed E-state index contributed by atoms with van der Waals surface area (Å²) in [5.41, 5.74) is 7.66. The van der Waals surface area contributed by atoms with Gasteiger partial charge in [-0.1, -0.05) is 22.0 Å². The largest absolute Gasteiger partial charge is 0.366 e. The molecule has 64 valence electrons. The van der Waals surface area contributed by atoms with Gasteiger partial charge in [-0.15, -0.1) is 0 Å². The maximum Gasteiger partial charge on any atom is 0.249 e. The van der Waals surface area contributed by atoms with Gasteiger partial charge in [-0.25, -0.2) is 0 Å². The SMILES string of the molecule is Cc1ccc(Br)c(C)c1C(N)=O. The van der Waals surface area contributed by atoms with Crippen LogP contribution in [0.1, 0.15) is 21.5 Å². The summed E-state index contributed by atoms with van der Waals surface area (Å²) in [6.07, 6.45) is 0. The Morgan fingerprint density at radius 2 is 2.00 bits per heavy atom. The topological polar surface area (TPSA) is 43.1 Å². The van der Waals surface area contributed by atoms with Crippen LogP contribution in [0.2, 0.25) is 0 Å². The number of carbonyl (C=O) groups is 1. The number of hydrogen-bond donors (Lipinski definition) is 1. The van der Waals surface area contributed by atoms with Crippen molar-refractivity contribution < 1.29 is 4.79 Å². The van der Waals surface area contributed by atoms with E-state index in [0.717, 1.165) is 15.6 Å². The van der Waals surface area contributed by atoms with Crippen molar-refractivity contribution in [3.05, 3.63) is 33.3 Å². The summed E-state index contributed by atoms with van der Waals surface area (Å²) < 4.78 is 0.918. The lowest BCUT2D eigenvalue weighted by Crippen LogP contribution is -2.14. The first-order valence-electron chi connectivity index (χ1n) is 3.59. The number of hydrogen-bond acceptors (Lipinski definition) is 1. The number of benzene rings is 1. The highest BCUT2D eigenvalue weighted by molar-refractivity contribution is 9.10. The summed E-state index contributed by atoms with van der Waals surface area (Å²) in [4.78, 5) is 11.0. The Bertz CT molecular complexity index is 334. The van der Waals surface area contributed by atoms with Crippen LogP contribution in [-0.4, -0.2) is 5.91 Å². The lowest BCUT2D eigenvalue weighted by Gasteiger charge is -2.06. The Labute approximate surface area is 79.9 Å². The minimum Gasteiger partial charge on any atom is -0.366 e. The summed E-state index contributed by atoms with van der Waals surface area (Å²) in [6.45, 7) is 3.75. The molecule has 3 heteroatoms. The van der Waals surface area contributed by atoms with Crippen molar-refractivity contribution in [2.24, 2.45) is 5.73 Å². The third kappa shape index (κ3) is 1.50. The highest BCUT2D eigenvalue weighted by atomic mass is 79.9. The van der Waals surface area contributed by atoms with Crippen LogP contribution in [0.4, 0.5) is 0 Å². The molecule has 0 radical (unpaired) electrons. The quantitative estimate of drug-likeness (QED) is 0.786. The van der Waals surface area contributed by atoms with Crippen LogP contribution < -0.4 is 5.73 Å². The second kappa shape index (κ2) is 3.27. The molecule has 0 aliphatic rings. The average molecular weight is 228 g/mol. The molecular formula is C9H10BrNO. The molecule has 1 amide bonds. The summed E-state index contributed by atoms with van der Waals surface area (Å²) in [5, 5.41) is 0. The van der Waals surface area contributed by atoms with Crippen molar-refractivity contribution in [1.82, 2.24) is 0 Å². The molecule has 0 unspecified atom stereocenters. The molecule has 0 atom stereocenters. The first-order chi connectivity index (χ1) is 5.54. The van der Waals surface area contributed by atoms with Gasteiger partial charge in [0, 0.05) is 10.0 Å². The summed E-state index contributed by atoms with van der Waals surface area (Å²) >= 11 is 3.34. The zero-order chi connectivity index (χ0) is 9.30. The molecule has 2 N–H and O–H groups in total. The molecule has 0 saturated carbocycles. The molecule has 12 heavy (non-hydrogen) atoms. The predicted molar refractivity (Wildman–Crippen MR) is 52.1 cm³/mol. The minimum absolute atomic E-state index is 0.369. The van der Waals surface area contributed by atoms with E-state index in [1.807, 2.05) is 26.0 Å². The number of carbonyl (C=O) groups excluding carboxylic acids is 1. The molecule has 0 spiro atoms. The summed E-state index contributed by atoms with van der Waals surface area (Å²) in [7, 11) is 0. The van der Waals surface area contributed by atoms with Gasteiger partial charge in [0.15, 0.2) is 0 Å². The van der Waals surface area contributed by atoms with Gasteiger partial charge >= 0.3 is 0 Å². The van der Waals surface area contributed by atoms with Gasteiger partial charge in [0.25, 0.3) is 0 Å². The minimum atomic E-state index is -0.369. The number of halogens is 1. The Hall–Kier alpha value is -0.830. The number of rotatable bonds is 1. The van der Waals surface area contributed by atoms with Crippen LogP contribution in [0.25, 0.3) is 0 Å². The number of nitrogens with two attached hydrogens (primary N) is 1. The third-order valence-corrected chi connectivity index (χ3v) is 2.71. The first-order valence-corrected chi connectivity index (χ1v) is 4.39. The highest BCUT2D eigenvalue weighted by Crippen LogP contribution is 2.22. The number of primary amides is 1. The van der Waals surface area contributed by atoms with E-state index < -0.39 is 0 Å². The van der Waals surface area contributed by atoms with Crippen molar-refractivity contribution >= 4 is 21.8 Å². The molecule has 0 saturated heterocycles. The molecule has 0 aliphatic heterocycles. The fourth-order valence-electron chi connectivity index (χ4n) is 1.20. The van der Waals surface area contributed by atoms with Crippen molar-refractivity contribution in [3.63, 3.8) is 0 Å². The van der Waals surface area contributed by atoms with Crippen LogP contribution >= 0.6 is 15.9 Å². The molecule has 1 aromatic carbocycles. The Morgan fingerprint density at radius 1 is 1.42 bits per heavy atom. The monoisotopic (exact) mass is 227 g/mol. The van der Waals surface area contributed by atoms with Crippen LogP contribution in [0.3, 0.4) is 0 Å². The zero-order valence-electron chi connectivity index (χ0n) is 7.02. The molecule has 0 heterocycles. The maximum absolute atomic E-state index is 11.0. The lowest BCUT2D eigenvalue weighted by molar-refractivity contribution is 0.0999. The second-order valence-corrected chi connectivity index (χ2v) is 3.58. The fraction of sp³-hybridized carbons (Fsp3) is 0.222. The highest BCUT2D eigenvalue weighted by Gasteiger charge is 2.09. The Balaban J connectivity index is 3.43. The smallest absolute Gasteiger partial charge is 0.249 e. The van der Waals surface area contributed by atoms with Gasteiger partial charge < -0.3 is 5.73 Å². The first kappa shape index (κ1) is 9.26. The van der Waals surface area contributed by atoms with Crippen molar-refractivity contribution in [1.29, 1.82) is 0 Å². The lowest BCUT2D eigenvalue weighted by atomic mass is 10.0. The molecular weight excluding hydrogens is 218 g/mol. The van der Waals surface area contributed by atoms with Crippen LogP contribution in [0.5, 0.6) is 0 Å². The average Bonchev–Trinajstić information content (AvgIpc) is 1.97. The molecule has 0 fully saturated rings. The van der Waals surface area contributed by atoms with Gasteiger partial charge in [0.1, 0.15) is 0 Å². The zero-order valence-corrected chi connectivity index (χ0v) is 8.60. The number of aryl methyl sites for hydroxylation is 1. The van der Waals surface area contributed by atoms with Crippen LogP contribution in [0.15, 0.2) is 16.6 Å². The van der Waals surface area contributed by atoms with Crippen LogP contribution in [0, 0.1) is 13.8 Å². The van der Waals surface area contributed by atoms with Crippen molar-refractivity contribution in [3.8, 4) is 0 Å². The van der Waals surface area contributed by atoms with E-state index >= 15 is 0 Å². The van der Waals surface area contributed by atoms with E-state index in [9.17, 15) is 4.79 Å². The third-order valence-electron chi connectivity index (χ3n) is 1.85. The molecule has 0 bridgehead atoms. The van der Waals surface area contributed by atoms with Crippen molar-refractivity contribution in [2.45, 2.75) is 13.8 Å². The van der Waals surface area contributed by atoms with Gasteiger partial charge in [0.2, 0.25) is 5.91 Å². The van der Waals surface area contributed by atoms with E-state index in [0.29, 0.717) is 5.56 Å².